The van der Waals surface area contributed by atoms with E-state index in [1.54, 1.807) is 19.9 Å². The highest BCUT2D eigenvalue weighted by Crippen LogP contribution is 2.36. The van der Waals surface area contributed by atoms with Crippen molar-refractivity contribution in [2.45, 2.75) is 19.9 Å². The number of aromatic nitrogens is 4. The molecule has 1 aliphatic heterocycles. The van der Waals surface area contributed by atoms with Crippen molar-refractivity contribution in [1.29, 1.82) is 10.5 Å². The first-order valence-corrected chi connectivity index (χ1v) is 12.0. The minimum atomic E-state index is -1.25. The van der Waals surface area contributed by atoms with Gasteiger partial charge in [-0.25, -0.2) is 9.78 Å². The Bertz CT molecular complexity index is 1480. The van der Waals surface area contributed by atoms with E-state index < -0.39 is 18.0 Å². The highest BCUT2D eigenvalue weighted by molar-refractivity contribution is 6.36. The molecular formula is C23H24ClN11O3. The smallest absolute Gasteiger partial charge is 0.413 e. The fourth-order valence-electron chi connectivity index (χ4n) is 4.20. The summed E-state index contributed by atoms with van der Waals surface area (Å²) in [7, 11) is 0. The highest BCUT2D eigenvalue weighted by Gasteiger charge is 2.27. The lowest BCUT2D eigenvalue weighted by Gasteiger charge is -2.38. The lowest BCUT2D eigenvalue weighted by atomic mass is 10.1. The fraction of sp³-hybridized carbons (Fsp3) is 0.348. The number of benzene rings is 1. The number of rotatable bonds is 7. The molecule has 0 spiro atoms. The molecule has 0 aliphatic carbocycles. The number of nitrogens with one attached hydrogen (secondary N) is 1. The standard InChI is InChI=1S/C23H24ClN11O3/c1-3-34(23(37)38)21-20-28-12-15(11-26)35(20)31-22(30-21)29-16-8-14(10-25)9-17(18(16)24)33-6-4-32(5-7-33)13(2)19(27)36/h8-9,12-13H,3-7H2,1-2H3,(H2,27,36)(H,29,31)(H,37,38). The summed E-state index contributed by atoms with van der Waals surface area (Å²) in [4.78, 5) is 36.8. The van der Waals surface area contributed by atoms with Gasteiger partial charge in [0.05, 0.1) is 40.3 Å². The Labute approximate surface area is 222 Å². The van der Waals surface area contributed by atoms with Crippen LogP contribution in [0.5, 0.6) is 0 Å². The average molecular weight is 538 g/mol. The third-order valence-electron chi connectivity index (χ3n) is 6.31. The van der Waals surface area contributed by atoms with Crippen LogP contribution in [-0.2, 0) is 4.79 Å². The van der Waals surface area contributed by atoms with Crippen molar-refractivity contribution in [3.05, 3.63) is 34.6 Å². The molecule has 3 heterocycles. The number of carbonyl (C=O) groups is 2. The van der Waals surface area contributed by atoms with Gasteiger partial charge in [-0.15, -0.1) is 5.10 Å². The van der Waals surface area contributed by atoms with Gasteiger partial charge in [-0.05, 0) is 26.0 Å². The van der Waals surface area contributed by atoms with Crippen molar-refractivity contribution in [2.75, 3.05) is 47.8 Å². The molecule has 4 rings (SSSR count). The minimum Gasteiger partial charge on any atom is -0.465 e. The van der Waals surface area contributed by atoms with Crippen molar-refractivity contribution >= 4 is 52.4 Å². The van der Waals surface area contributed by atoms with Gasteiger partial charge >= 0.3 is 6.09 Å². The molecular weight excluding hydrogens is 514 g/mol. The van der Waals surface area contributed by atoms with Crippen LogP contribution in [-0.4, -0.2) is 80.4 Å². The summed E-state index contributed by atoms with van der Waals surface area (Å²) < 4.78 is 1.19. The van der Waals surface area contributed by atoms with Crippen LogP contribution >= 0.6 is 11.6 Å². The number of nitrogens with zero attached hydrogens (tertiary/aromatic N) is 9. The van der Waals surface area contributed by atoms with Gasteiger partial charge in [-0.2, -0.15) is 20.0 Å². The van der Waals surface area contributed by atoms with E-state index in [1.165, 1.54) is 16.8 Å². The topological polar surface area (TPSA) is 193 Å². The van der Waals surface area contributed by atoms with E-state index in [2.05, 4.69) is 26.5 Å². The second-order valence-corrected chi connectivity index (χ2v) is 8.85. The van der Waals surface area contributed by atoms with Crippen LogP contribution in [0.2, 0.25) is 5.02 Å². The number of carbonyl (C=O) groups excluding carboxylic acids is 1. The molecule has 1 saturated heterocycles. The third kappa shape index (κ3) is 4.95. The number of halogens is 1. The predicted molar refractivity (Wildman–Crippen MR) is 138 cm³/mol. The molecule has 4 N–H and O–H groups in total. The van der Waals surface area contributed by atoms with E-state index in [0.29, 0.717) is 48.1 Å². The van der Waals surface area contributed by atoms with Crippen LogP contribution < -0.4 is 20.9 Å². The van der Waals surface area contributed by atoms with Gasteiger partial charge in [-0.3, -0.25) is 14.6 Å². The van der Waals surface area contributed by atoms with Crippen molar-refractivity contribution in [3.8, 4) is 12.1 Å². The SMILES string of the molecule is CCN(C(=O)O)c1nc(Nc2cc(C#N)cc(N3CCN(C(C)C(N)=O)CC3)c2Cl)nn2c(C#N)cnc12. The fourth-order valence-corrected chi connectivity index (χ4v) is 4.47. The van der Waals surface area contributed by atoms with E-state index in [9.17, 15) is 25.2 Å². The molecule has 0 saturated carbocycles. The molecule has 1 unspecified atom stereocenters. The summed E-state index contributed by atoms with van der Waals surface area (Å²) in [5.74, 6) is -0.469. The largest absolute Gasteiger partial charge is 0.465 e. The quantitative estimate of drug-likeness (QED) is 0.397. The lowest BCUT2D eigenvalue weighted by molar-refractivity contribution is -0.122. The summed E-state index contributed by atoms with van der Waals surface area (Å²) in [6.07, 6.45) is 0.0183. The molecule has 1 aromatic carbocycles. The average Bonchev–Trinajstić information content (AvgIpc) is 3.32. The zero-order chi connectivity index (χ0) is 27.6. The molecule has 0 bridgehead atoms. The van der Waals surface area contributed by atoms with E-state index >= 15 is 0 Å². The predicted octanol–water partition coefficient (Wildman–Crippen LogP) is 1.76. The number of hydrogen-bond acceptors (Lipinski definition) is 10. The van der Waals surface area contributed by atoms with Gasteiger partial charge in [0.25, 0.3) is 0 Å². The van der Waals surface area contributed by atoms with Crippen molar-refractivity contribution in [2.24, 2.45) is 5.73 Å². The van der Waals surface area contributed by atoms with E-state index in [1.807, 2.05) is 15.9 Å². The van der Waals surface area contributed by atoms with Crippen molar-refractivity contribution < 1.29 is 14.7 Å². The molecule has 15 heteroatoms. The number of piperazine rings is 1. The minimum absolute atomic E-state index is 0.0218. The number of nitriles is 2. The first-order valence-electron chi connectivity index (χ1n) is 11.6. The molecule has 14 nitrogen and oxygen atoms in total. The van der Waals surface area contributed by atoms with Crippen LogP contribution in [0.1, 0.15) is 25.1 Å². The number of amides is 2. The van der Waals surface area contributed by atoms with E-state index in [-0.39, 0.29) is 29.7 Å². The monoisotopic (exact) mass is 537 g/mol. The third-order valence-corrected chi connectivity index (χ3v) is 6.70. The maximum atomic E-state index is 11.8. The van der Waals surface area contributed by atoms with Gasteiger partial charge in [0, 0.05) is 32.7 Å². The number of anilines is 4. The Morgan fingerprint density at radius 2 is 1.97 bits per heavy atom. The normalized spacial score (nSPS) is 14.5. The first-order chi connectivity index (χ1) is 18.2. The summed E-state index contributed by atoms with van der Waals surface area (Å²) in [6.45, 7) is 5.70. The Hall–Kier alpha value is -4.66. The second kappa shape index (κ2) is 10.8. The van der Waals surface area contributed by atoms with Crippen LogP contribution in [0.25, 0.3) is 5.65 Å². The Morgan fingerprint density at radius 1 is 1.26 bits per heavy atom. The van der Waals surface area contributed by atoms with Gasteiger partial charge in [0.2, 0.25) is 11.9 Å². The molecule has 1 fully saturated rings. The summed E-state index contributed by atoms with van der Waals surface area (Å²) in [5.41, 5.74) is 6.85. The molecule has 0 radical (unpaired) electrons. The Balaban J connectivity index is 1.72. The molecule has 2 amide bonds. The summed E-state index contributed by atoms with van der Waals surface area (Å²) in [5, 5.41) is 36.4. The number of hydrogen-bond donors (Lipinski definition) is 3. The van der Waals surface area contributed by atoms with Crippen molar-refractivity contribution in [1.82, 2.24) is 24.5 Å². The maximum absolute atomic E-state index is 11.8. The van der Waals surface area contributed by atoms with Gasteiger partial charge < -0.3 is 21.1 Å². The molecule has 196 valence electrons. The number of primary amides is 1. The van der Waals surface area contributed by atoms with Gasteiger partial charge in [0.1, 0.15) is 6.07 Å². The number of fused-ring (bicyclic) bond motifs is 1. The van der Waals surface area contributed by atoms with E-state index in [0.717, 1.165) is 4.90 Å². The molecule has 38 heavy (non-hydrogen) atoms. The lowest BCUT2D eigenvalue weighted by Crippen LogP contribution is -2.53. The Morgan fingerprint density at radius 3 is 2.55 bits per heavy atom. The summed E-state index contributed by atoms with van der Waals surface area (Å²) >= 11 is 6.77. The molecule has 2 aromatic heterocycles. The van der Waals surface area contributed by atoms with Gasteiger partial charge in [0.15, 0.2) is 17.2 Å². The second-order valence-electron chi connectivity index (χ2n) is 8.47. The van der Waals surface area contributed by atoms with Gasteiger partial charge in [-0.1, -0.05) is 11.6 Å². The molecule has 1 atom stereocenters. The maximum Gasteiger partial charge on any atom is 0.413 e. The van der Waals surface area contributed by atoms with Crippen LogP contribution in [0.15, 0.2) is 18.3 Å². The highest BCUT2D eigenvalue weighted by atomic mass is 35.5. The number of carboxylic acid groups (broad SMARTS) is 1. The van der Waals surface area contributed by atoms with Crippen LogP contribution in [0.3, 0.4) is 0 Å². The molecule has 1 aliphatic rings. The molecule has 3 aromatic rings. The number of nitrogens with two attached hydrogens (primary N) is 1. The van der Waals surface area contributed by atoms with E-state index in [4.69, 9.17) is 17.3 Å². The first kappa shape index (κ1) is 26.4. The number of imidazole rings is 1. The van der Waals surface area contributed by atoms with Crippen LogP contribution in [0.4, 0.5) is 27.9 Å². The Kier molecular flexibility index (Phi) is 7.47. The zero-order valence-electron chi connectivity index (χ0n) is 20.6. The van der Waals surface area contributed by atoms with Crippen molar-refractivity contribution in [3.63, 3.8) is 0 Å². The zero-order valence-corrected chi connectivity index (χ0v) is 21.3. The summed E-state index contributed by atoms with van der Waals surface area (Å²) in [6, 6.07) is 6.88. The van der Waals surface area contributed by atoms with Crippen LogP contribution in [0, 0.1) is 22.7 Å².